The average Bonchev–Trinajstić information content (AvgIpc) is 3.16. The maximum absolute atomic E-state index is 6.02. The van der Waals surface area contributed by atoms with Gasteiger partial charge in [-0.2, -0.15) is 0 Å². The molecule has 100 valence electrons. The fourth-order valence-corrected chi connectivity index (χ4v) is 3.02. The first-order valence-corrected chi connectivity index (χ1v) is 7.12. The molecule has 1 aliphatic carbocycles. The maximum atomic E-state index is 6.02. The van der Waals surface area contributed by atoms with Crippen LogP contribution in [0.15, 0.2) is 59.0 Å². The summed E-state index contributed by atoms with van der Waals surface area (Å²) in [6.07, 6.45) is 1.22. The molecule has 0 amide bonds. The lowest BCUT2D eigenvalue weighted by Gasteiger charge is -2.06. The fraction of sp³-hybridized carbons (Fsp3) is 0.222. The third-order valence-electron chi connectivity index (χ3n) is 4.21. The molecule has 1 heterocycles. The molecule has 0 radical (unpaired) electrons. The summed E-state index contributed by atoms with van der Waals surface area (Å²) >= 11 is 0. The molecule has 0 aliphatic heterocycles. The van der Waals surface area contributed by atoms with Gasteiger partial charge in [-0.05, 0) is 31.2 Å². The molecule has 3 aromatic rings. The molecule has 2 atom stereocenters. The zero-order chi connectivity index (χ0) is 13.5. The molecule has 1 fully saturated rings. The number of fused-ring (bicyclic) bond motifs is 1. The Labute approximate surface area is 118 Å². The van der Waals surface area contributed by atoms with Gasteiger partial charge in [-0.25, -0.2) is 0 Å². The van der Waals surface area contributed by atoms with Crippen molar-refractivity contribution in [1.82, 2.24) is 5.32 Å². The zero-order valence-corrected chi connectivity index (χ0v) is 11.5. The highest BCUT2D eigenvalue weighted by Crippen LogP contribution is 2.45. The van der Waals surface area contributed by atoms with Crippen LogP contribution in [0.5, 0.6) is 0 Å². The second-order valence-electron chi connectivity index (χ2n) is 5.47. The molecule has 0 bridgehead atoms. The Morgan fingerprint density at radius 1 is 1.05 bits per heavy atom. The second kappa shape index (κ2) is 4.50. The third kappa shape index (κ3) is 1.84. The van der Waals surface area contributed by atoms with Gasteiger partial charge in [-0.15, -0.1) is 0 Å². The Morgan fingerprint density at radius 3 is 2.65 bits per heavy atom. The molecule has 2 aromatic carbocycles. The average molecular weight is 263 g/mol. The van der Waals surface area contributed by atoms with Crippen molar-refractivity contribution < 1.29 is 4.42 Å². The highest BCUT2D eigenvalue weighted by atomic mass is 16.3. The van der Waals surface area contributed by atoms with E-state index in [0.29, 0.717) is 12.0 Å². The van der Waals surface area contributed by atoms with Gasteiger partial charge in [0, 0.05) is 22.9 Å². The molecule has 2 nitrogen and oxygen atoms in total. The number of para-hydroxylation sites is 1. The van der Waals surface area contributed by atoms with Gasteiger partial charge in [0.25, 0.3) is 0 Å². The van der Waals surface area contributed by atoms with Crippen LogP contribution < -0.4 is 5.32 Å². The van der Waals surface area contributed by atoms with Crippen molar-refractivity contribution in [1.29, 1.82) is 0 Å². The molecule has 1 aromatic heterocycles. The Bertz CT molecular complexity index is 726. The van der Waals surface area contributed by atoms with Crippen molar-refractivity contribution in [2.75, 3.05) is 7.05 Å². The highest BCUT2D eigenvalue weighted by molar-refractivity contribution is 5.83. The first-order chi connectivity index (χ1) is 9.86. The minimum absolute atomic E-state index is 0.612. The van der Waals surface area contributed by atoms with E-state index < -0.39 is 0 Å². The van der Waals surface area contributed by atoms with Crippen LogP contribution in [0.25, 0.3) is 22.3 Å². The molecule has 0 spiro atoms. The second-order valence-corrected chi connectivity index (χ2v) is 5.47. The number of hydrogen-bond acceptors (Lipinski definition) is 2. The van der Waals surface area contributed by atoms with Crippen LogP contribution in [0, 0.1) is 0 Å². The minimum atomic E-state index is 0.612. The van der Waals surface area contributed by atoms with Crippen LogP contribution in [-0.4, -0.2) is 13.1 Å². The summed E-state index contributed by atoms with van der Waals surface area (Å²) in [5.41, 5.74) is 3.58. The molecule has 20 heavy (non-hydrogen) atoms. The van der Waals surface area contributed by atoms with Crippen LogP contribution in [0.1, 0.15) is 17.9 Å². The monoisotopic (exact) mass is 263 g/mol. The van der Waals surface area contributed by atoms with E-state index in [0.717, 1.165) is 11.3 Å². The fourth-order valence-electron chi connectivity index (χ4n) is 3.02. The van der Waals surface area contributed by atoms with Gasteiger partial charge in [-0.1, -0.05) is 42.5 Å². The molecule has 1 aliphatic rings. The van der Waals surface area contributed by atoms with Crippen molar-refractivity contribution in [3.63, 3.8) is 0 Å². The maximum Gasteiger partial charge on any atom is 0.135 e. The SMILES string of the molecule is CN[C@@H]1C[C@H]1c1ccccc1-c1cc2ccccc2o1. The predicted octanol–water partition coefficient (Wildman–Crippen LogP) is 4.18. The topological polar surface area (TPSA) is 25.2 Å². The van der Waals surface area contributed by atoms with Crippen molar-refractivity contribution >= 4 is 11.0 Å². The number of hydrogen-bond donors (Lipinski definition) is 1. The minimum Gasteiger partial charge on any atom is -0.456 e. The quantitative estimate of drug-likeness (QED) is 0.767. The van der Waals surface area contributed by atoms with Crippen LogP contribution in [-0.2, 0) is 0 Å². The van der Waals surface area contributed by atoms with Gasteiger partial charge in [0.05, 0.1) is 0 Å². The summed E-state index contributed by atoms with van der Waals surface area (Å²) in [5, 5.41) is 4.53. The summed E-state index contributed by atoms with van der Waals surface area (Å²) in [4.78, 5) is 0. The van der Waals surface area contributed by atoms with E-state index in [2.05, 4.69) is 41.7 Å². The van der Waals surface area contributed by atoms with E-state index >= 15 is 0 Å². The van der Waals surface area contributed by atoms with Crippen molar-refractivity contribution in [2.24, 2.45) is 0 Å². The first-order valence-electron chi connectivity index (χ1n) is 7.12. The van der Waals surface area contributed by atoms with Crippen LogP contribution in [0.3, 0.4) is 0 Å². The Morgan fingerprint density at radius 2 is 1.85 bits per heavy atom. The molecule has 4 rings (SSSR count). The Balaban J connectivity index is 1.82. The molecular formula is C18H17NO. The number of benzene rings is 2. The molecule has 1 N–H and O–H groups in total. The standard InChI is InChI=1S/C18H17NO/c1-19-16-11-15(16)13-7-3-4-8-14(13)18-10-12-6-2-5-9-17(12)20-18/h2-10,15-16,19H,11H2,1H3/t15-,16+/m0/s1. The largest absolute Gasteiger partial charge is 0.456 e. The van der Waals surface area contributed by atoms with E-state index in [1.807, 2.05) is 25.2 Å². The van der Waals surface area contributed by atoms with Gasteiger partial charge >= 0.3 is 0 Å². The van der Waals surface area contributed by atoms with E-state index in [9.17, 15) is 0 Å². The van der Waals surface area contributed by atoms with Gasteiger partial charge in [-0.3, -0.25) is 0 Å². The first kappa shape index (κ1) is 11.7. The van der Waals surface area contributed by atoms with Crippen LogP contribution in [0.4, 0.5) is 0 Å². The van der Waals surface area contributed by atoms with Crippen molar-refractivity contribution in [3.05, 3.63) is 60.2 Å². The summed E-state index contributed by atoms with van der Waals surface area (Å²) in [5.74, 6) is 1.59. The van der Waals surface area contributed by atoms with Crippen molar-refractivity contribution in [2.45, 2.75) is 18.4 Å². The number of nitrogens with one attached hydrogen (secondary N) is 1. The summed E-state index contributed by atoms with van der Waals surface area (Å²) in [6.45, 7) is 0. The number of likely N-dealkylation sites (N-methyl/N-ethyl adjacent to an activating group) is 1. The summed E-state index contributed by atoms with van der Waals surface area (Å²) in [7, 11) is 2.04. The van der Waals surface area contributed by atoms with E-state index in [1.165, 1.54) is 22.9 Å². The normalized spacial score (nSPS) is 21.2. The zero-order valence-electron chi connectivity index (χ0n) is 11.5. The van der Waals surface area contributed by atoms with E-state index in [4.69, 9.17) is 4.42 Å². The lowest BCUT2D eigenvalue weighted by atomic mass is 10.0. The lowest BCUT2D eigenvalue weighted by molar-refractivity contribution is 0.630. The molecule has 1 saturated carbocycles. The highest BCUT2D eigenvalue weighted by Gasteiger charge is 2.38. The number of rotatable bonds is 3. The van der Waals surface area contributed by atoms with Crippen molar-refractivity contribution in [3.8, 4) is 11.3 Å². The smallest absolute Gasteiger partial charge is 0.135 e. The number of furan rings is 1. The van der Waals surface area contributed by atoms with Crippen LogP contribution >= 0.6 is 0 Å². The van der Waals surface area contributed by atoms with Gasteiger partial charge in [0.15, 0.2) is 0 Å². The predicted molar refractivity (Wildman–Crippen MR) is 81.9 cm³/mol. The Kier molecular flexibility index (Phi) is 2.64. The Hall–Kier alpha value is -2.06. The van der Waals surface area contributed by atoms with Crippen LogP contribution in [0.2, 0.25) is 0 Å². The van der Waals surface area contributed by atoms with Gasteiger partial charge in [0.1, 0.15) is 11.3 Å². The summed E-state index contributed by atoms with van der Waals surface area (Å²) < 4.78 is 6.02. The van der Waals surface area contributed by atoms with Gasteiger partial charge < -0.3 is 9.73 Å². The van der Waals surface area contributed by atoms with E-state index in [1.54, 1.807) is 0 Å². The van der Waals surface area contributed by atoms with E-state index in [-0.39, 0.29) is 0 Å². The molecule has 0 saturated heterocycles. The van der Waals surface area contributed by atoms with Gasteiger partial charge in [0.2, 0.25) is 0 Å². The summed E-state index contributed by atoms with van der Waals surface area (Å²) in [6, 6.07) is 19.5. The third-order valence-corrected chi connectivity index (χ3v) is 4.21. The molecule has 2 heteroatoms. The lowest BCUT2D eigenvalue weighted by Crippen LogP contribution is -2.10. The molecule has 0 unspecified atom stereocenters. The molecular weight excluding hydrogens is 246 g/mol.